The van der Waals surface area contributed by atoms with Gasteiger partial charge < -0.3 is 5.32 Å². The lowest BCUT2D eigenvalue weighted by Crippen LogP contribution is -2.36. The molecule has 0 aromatic carbocycles. The molecular formula is C14H20N4O. The molecule has 0 aliphatic heterocycles. The molecule has 1 aromatic heterocycles. The summed E-state index contributed by atoms with van der Waals surface area (Å²) < 4.78 is 1.69. The molecular weight excluding hydrogens is 240 g/mol. The highest BCUT2D eigenvalue weighted by atomic mass is 16.2. The van der Waals surface area contributed by atoms with Gasteiger partial charge in [-0.2, -0.15) is 10.4 Å². The van der Waals surface area contributed by atoms with Crippen molar-refractivity contribution in [2.24, 2.45) is 12.5 Å². The second-order valence-corrected chi connectivity index (χ2v) is 5.23. The first-order chi connectivity index (χ1) is 9.11. The van der Waals surface area contributed by atoms with Gasteiger partial charge in [-0.25, -0.2) is 0 Å². The minimum absolute atomic E-state index is 0.169. The number of nitriles is 1. The lowest BCUT2D eigenvalue weighted by Gasteiger charge is -2.29. The Morgan fingerprint density at radius 3 is 2.79 bits per heavy atom. The number of hydrogen-bond donors (Lipinski definition) is 1. The smallest absolute Gasteiger partial charge is 0.244 e. The summed E-state index contributed by atoms with van der Waals surface area (Å²) in [6.07, 6.45) is 6.90. The van der Waals surface area contributed by atoms with Crippen LogP contribution in [0.3, 0.4) is 0 Å². The number of nitrogens with zero attached hydrogens (tertiary/aromatic N) is 3. The maximum atomic E-state index is 12.4. The molecule has 0 atom stereocenters. The Morgan fingerprint density at radius 2 is 2.21 bits per heavy atom. The van der Waals surface area contributed by atoms with Crippen LogP contribution in [0.25, 0.3) is 0 Å². The van der Waals surface area contributed by atoms with Crippen molar-refractivity contribution < 1.29 is 4.79 Å². The lowest BCUT2D eigenvalue weighted by atomic mass is 9.74. The largest absolute Gasteiger partial charge is 0.322 e. The van der Waals surface area contributed by atoms with E-state index in [-0.39, 0.29) is 5.91 Å². The number of nitrogens with one attached hydrogen (secondary N) is 1. The van der Waals surface area contributed by atoms with Gasteiger partial charge in [0, 0.05) is 13.2 Å². The van der Waals surface area contributed by atoms with Crippen LogP contribution in [0.1, 0.15) is 44.7 Å². The van der Waals surface area contributed by atoms with Crippen molar-refractivity contribution in [1.82, 2.24) is 9.78 Å². The zero-order chi connectivity index (χ0) is 13.9. The summed E-state index contributed by atoms with van der Waals surface area (Å²) in [4.78, 5) is 12.4. The third-order valence-corrected chi connectivity index (χ3v) is 3.84. The van der Waals surface area contributed by atoms with Crippen molar-refractivity contribution >= 4 is 11.6 Å². The third kappa shape index (κ3) is 2.62. The van der Waals surface area contributed by atoms with Gasteiger partial charge in [-0.05, 0) is 19.3 Å². The fraction of sp³-hybridized carbons (Fsp3) is 0.643. The first-order valence-electron chi connectivity index (χ1n) is 6.86. The van der Waals surface area contributed by atoms with Gasteiger partial charge in [-0.3, -0.25) is 9.48 Å². The zero-order valence-electron chi connectivity index (χ0n) is 11.6. The Hall–Kier alpha value is -1.83. The van der Waals surface area contributed by atoms with Crippen LogP contribution in [0, 0.1) is 16.7 Å². The van der Waals surface area contributed by atoms with Crippen LogP contribution >= 0.6 is 0 Å². The first-order valence-corrected chi connectivity index (χ1v) is 6.86. The SMILES string of the molecule is CCc1nn(C)cc1NC(=O)C1(C#N)CCCCC1. The fourth-order valence-corrected chi connectivity index (χ4v) is 2.69. The number of carbonyl (C=O) groups excluding carboxylic acids is 1. The quantitative estimate of drug-likeness (QED) is 0.907. The molecule has 19 heavy (non-hydrogen) atoms. The highest BCUT2D eigenvalue weighted by Crippen LogP contribution is 2.36. The van der Waals surface area contributed by atoms with E-state index in [2.05, 4.69) is 16.5 Å². The molecule has 1 fully saturated rings. The van der Waals surface area contributed by atoms with Gasteiger partial charge in [0.05, 0.1) is 17.5 Å². The van der Waals surface area contributed by atoms with Gasteiger partial charge in [-0.1, -0.05) is 26.2 Å². The van der Waals surface area contributed by atoms with E-state index in [1.165, 1.54) is 0 Å². The van der Waals surface area contributed by atoms with Crippen molar-refractivity contribution in [3.8, 4) is 6.07 Å². The van der Waals surface area contributed by atoms with E-state index >= 15 is 0 Å². The van der Waals surface area contributed by atoms with Crippen LogP contribution in [-0.2, 0) is 18.3 Å². The van der Waals surface area contributed by atoms with Crippen LogP contribution in [0.15, 0.2) is 6.20 Å². The average Bonchev–Trinajstić information content (AvgIpc) is 2.79. The Labute approximate surface area is 113 Å². The summed E-state index contributed by atoms with van der Waals surface area (Å²) in [5.41, 5.74) is 0.744. The molecule has 0 saturated heterocycles. The summed E-state index contributed by atoms with van der Waals surface area (Å²) in [6.45, 7) is 2.00. The standard InChI is InChI=1S/C14H20N4O/c1-3-11-12(9-18(2)17-11)16-13(19)14(10-15)7-5-4-6-8-14/h9H,3-8H2,1-2H3,(H,16,19). The lowest BCUT2D eigenvalue weighted by molar-refractivity contribution is -0.124. The predicted octanol–water partition coefficient (Wildman–Crippen LogP) is 2.40. The van der Waals surface area contributed by atoms with E-state index < -0.39 is 5.41 Å². The minimum Gasteiger partial charge on any atom is -0.322 e. The van der Waals surface area contributed by atoms with Crippen LogP contribution in [0.2, 0.25) is 0 Å². The number of hydrogen-bond acceptors (Lipinski definition) is 3. The minimum atomic E-state index is -0.848. The topological polar surface area (TPSA) is 70.7 Å². The molecule has 1 aliphatic carbocycles. The second kappa shape index (κ2) is 5.43. The highest BCUT2D eigenvalue weighted by Gasteiger charge is 2.40. The van der Waals surface area contributed by atoms with E-state index in [0.717, 1.165) is 37.1 Å². The Morgan fingerprint density at radius 1 is 1.53 bits per heavy atom. The van der Waals surface area contributed by atoms with Crippen molar-refractivity contribution in [3.05, 3.63) is 11.9 Å². The fourth-order valence-electron chi connectivity index (χ4n) is 2.69. The van der Waals surface area contributed by atoms with Crippen molar-refractivity contribution in [2.45, 2.75) is 45.4 Å². The van der Waals surface area contributed by atoms with Crippen molar-refractivity contribution in [2.75, 3.05) is 5.32 Å². The van der Waals surface area contributed by atoms with Crippen LogP contribution in [0.5, 0.6) is 0 Å². The summed E-state index contributed by atoms with van der Waals surface area (Å²) >= 11 is 0. The van der Waals surface area contributed by atoms with E-state index in [1.54, 1.807) is 10.9 Å². The maximum absolute atomic E-state index is 12.4. The summed E-state index contributed by atoms with van der Waals surface area (Å²) in [6, 6.07) is 2.24. The van der Waals surface area contributed by atoms with Crippen molar-refractivity contribution in [1.29, 1.82) is 5.26 Å². The van der Waals surface area contributed by atoms with Crippen LogP contribution in [0.4, 0.5) is 5.69 Å². The molecule has 1 heterocycles. The van der Waals surface area contributed by atoms with E-state index in [4.69, 9.17) is 0 Å². The van der Waals surface area contributed by atoms with E-state index in [1.807, 2.05) is 14.0 Å². The van der Waals surface area contributed by atoms with Gasteiger partial charge in [0.25, 0.3) is 0 Å². The molecule has 1 aromatic rings. The predicted molar refractivity (Wildman–Crippen MR) is 72.3 cm³/mol. The van der Waals surface area contributed by atoms with Crippen molar-refractivity contribution in [3.63, 3.8) is 0 Å². The van der Waals surface area contributed by atoms with E-state index in [9.17, 15) is 10.1 Å². The number of rotatable bonds is 3. The van der Waals surface area contributed by atoms with Gasteiger partial charge in [0.15, 0.2) is 0 Å². The van der Waals surface area contributed by atoms with E-state index in [0.29, 0.717) is 12.8 Å². The summed E-state index contributed by atoms with van der Waals surface area (Å²) in [5, 5.41) is 16.6. The molecule has 5 heteroatoms. The Balaban J connectivity index is 2.17. The highest BCUT2D eigenvalue weighted by molar-refractivity contribution is 5.97. The number of anilines is 1. The van der Waals surface area contributed by atoms with Gasteiger partial charge >= 0.3 is 0 Å². The summed E-state index contributed by atoms with van der Waals surface area (Å²) in [5.74, 6) is -0.169. The number of aryl methyl sites for hydroxylation is 2. The van der Waals surface area contributed by atoms with Gasteiger partial charge in [0.2, 0.25) is 5.91 Å². The van der Waals surface area contributed by atoms with Gasteiger partial charge in [0.1, 0.15) is 5.41 Å². The van der Waals surface area contributed by atoms with Crippen LogP contribution in [-0.4, -0.2) is 15.7 Å². The molecule has 1 aliphatic rings. The monoisotopic (exact) mass is 260 g/mol. The zero-order valence-corrected chi connectivity index (χ0v) is 11.6. The number of carbonyl (C=O) groups is 1. The molecule has 1 saturated carbocycles. The van der Waals surface area contributed by atoms with Gasteiger partial charge in [-0.15, -0.1) is 0 Å². The molecule has 0 spiro atoms. The molecule has 0 radical (unpaired) electrons. The van der Waals surface area contributed by atoms with Crippen LogP contribution < -0.4 is 5.32 Å². The Bertz CT molecular complexity index is 506. The molecule has 2 rings (SSSR count). The Kier molecular flexibility index (Phi) is 3.89. The normalized spacial score (nSPS) is 17.7. The molecule has 1 amide bonds. The first kappa shape index (κ1) is 13.6. The molecule has 5 nitrogen and oxygen atoms in total. The molecule has 1 N–H and O–H groups in total. The number of aromatic nitrogens is 2. The number of amides is 1. The maximum Gasteiger partial charge on any atom is 0.244 e. The third-order valence-electron chi connectivity index (χ3n) is 3.84. The molecule has 0 unspecified atom stereocenters. The second-order valence-electron chi connectivity index (χ2n) is 5.23. The molecule has 102 valence electrons. The average molecular weight is 260 g/mol. The summed E-state index contributed by atoms with van der Waals surface area (Å²) in [7, 11) is 1.83. The molecule has 0 bridgehead atoms.